The van der Waals surface area contributed by atoms with Crippen molar-refractivity contribution in [3.05, 3.63) is 59.7 Å². The second kappa shape index (κ2) is 7.95. The van der Waals surface area contributed by atoms with E-state index in [4.69, 9.17) is 4.74 Å². The van der Waals surface area contributed by atoms with Crippen molar-refractivity contribution in [1.29, 1.82) is 0 Å². The molecule has 178 valence electrons. The summed E-state index contributed by atoms with van der Waals surface area (Å²) in [5, 5.41) is 12.1. The van der Waals surface area contributed by atoms with Crippen LogP contribution >= 0.6 is 0 Å². The van der Waals surface area contributed by atoms with E-state index in [2.05, 4.69) is 5.32 Å². The number of benzene rings is 2. The molecule has 2 fully saturated rings. The third-order valence-corrected chi connectivity index (χ3v) is 6.82. The Labute approximate surface area is 198 Å². The molecule has 0 saturated carbocycles. The van der Waals surface area contributed by atoms with Crippen LogP contribution in [0.2, 0.25) is 0 Å². The van der Waals surface area contributed by atoms with E-state index in [-0.39, 0.29) is 35.4 Å². The highest BCUT2D eigenvalue weighted by atomic mass is 16.5. The van der Waals surface area contributed by atoms with Crippen molar-refractivity contribution in [2.24, 2.45) is 11.8 Å². The summed E-state index contributed by atoms with van der Waals surface area (Å²) in [4.78, 5) is 77.8. The number of ether oxygens (including phenoxy) is 1. The lowest BCUT2D eigenvalue weighted by atomic mass is 9.76. The van der Waals surface area contributed by atoms with Crippen LogP contribution in [-0.4, -0.2) is 52.0 Å². The van der Waals surface area contributed by atoms with Crippen molar-refractivity contribution >= 4 is 41.0 Å². The fraction of sp³-hybridized carbons (Fsp3) is 0.280. The van der Waals surface area contributed by atoms with Crippen LogP contribution in [0, 0.1) is 11.8 Å². The van der Waals surface area contributed by atoms with Crippen molar-refractivity contribution in [1.82, 2.24) is 5.32 Å². The molecule has 1 spiro atoms. The summed E-state index contributed by atoms with van der Waals surface area (Å²) in [5.74, 6) is -6.39. The normalized spacial score (nSPS) is 24.1. The summed E-state index contributed by atoms with van der Waals surface area (Å²) < 4.78 is 4.99. The highest BCUT2D eigenvalue weighted by Crippen LogP contribution is 2.50. The molecule has 0 radical (unpaired) electrons. The predicted molar refractivity (Wildman–Crippen MR) is 119 cm³/mol. The van der Waals surface area contributed by atoms with E-state index in [0.717, 1.165) is 4.90 Å². The first-order chi connectivity index (χ1) is 16.7. The molecule has 3 aliphatic rings. The number of rotatable bonds is 5. The Morgan fingerprint density at radius 2 is 1.57 bits per heavy atom. The van der Waals surface area contributed by atoms with Crippen molar-refractivity contribution in [3.8, 4) is 5.75 Å². The number of hydrogen-bond donors (Lipinski definition) is 2. The molecule has 2 saturated heterocycles. The second-order valence-electron chi connectivity index (χ2n) is 8.80. The van der Waals surface area contributed by atoms with Gasteiger partial charge in [-0.1, -0.05) is 24.3 Å². The van der Waals surface area contributed by atoms with Gasteiger partial charge in [-0.05, 0) is 30.7 Å². The van der Waals surface area contributed by atoms with Crippen LogP contribution in [0.4, 0.5) is 5.69 Å². The first-order valence-electron chi connectivity index (χ1n) is 11.0. The first-order valence-corrected chi connectivity index (χ1v) is 11.0. The average Bonchev–Trinajstić information content (AvgIpc) is 3.38. The third kappa shape index (κ3) is 3.21. The minimum absolute atomic E-state index is 0.0482. The van der Waals surface area contributed by atoms with Gasteiger partial charge < -0.3 is 9.84 Å². The standard InChI is InChI=1S/C25H20N2O8/c1-12(28)35-14-8-6-13(7-9-14)27-23(33)19-17(10-11-18(29)30)26-25(20(19)24(27)34)21(31)15-4-2-3-5-16(15)22(25)32/h2-9,17,19-20,26H,10-11H2,1H3,(H,29,30)/t17-,19-,20+/m0/s1. The van der Waals surface area contributed by atoms with Crippen LogP contribution in [0.1, 0.15) is 40.5 Å². The highest BCUT2D eigenvalue weighted by molar-refractivity contribution is 6.37. The van der Waals surface area contributed by atoms with E-state index >= 15 is 0 Å². The Hall–Kier alpha value is -4.18. The summed E-state index contributed by atoms with van der Waals surface area (Å²) in [6, 6.07) is 11.0. The number of anilines is 1. The zero-order valence-corrected chi connectivity index (χ0v) is 18.5. The number of imide groups is 1. The molecule has 2 aliphatic heterocycles. The number of carboxylic acid groups (broad SMARTS) is 1. The largest absolute Gasteiger partial charge is 0.481 e. The number of amides is 2. The van der Waals surface area contributed by atoms with Gasteiger partial charge >= 0.3 is 11.9 Å². The van der Waals surface area contributed by atoms with E-state index in [1.165, 1.54) is 43.3 Å². The number of ketones is 2. The molecule has 10 nitrogen and oxygen atoms in total. The SMILES string of the molecule is CC(=O)Oc1ccc(N2C(=O)[C@H]3[C@H](CCC(=O)O)NC4(C(=O)c5ccccc5C4=O)[C@H]3C2=O)cc1. The van der Waals surface area contributed by atoms with E-state index < -0.39 is 58.7 Å². The Bertz CT molecular complexity index is 1280. The van der Waals surface area contributed by atoms with E-state index in [1.807, 2.05) is 0 Å². The number of esters is 1. The fourth-order valence-electron chi connectivity index (χ4n) is 5.46. The van der Waals surface area contributed by atoms with Crippen LogP contribution in [0.5, 0.6) is 5.75 Å². The van der Waals surface area contributed by atoms with Gasteiger partial charge in [0.05, 0.1) is 17.5 Å². The van der Waals surface area contributed by atoms with Gasteiger partial charge in [-0.2, -0.15) is 0 Å². The molecule has 2 amide bonds. The Balaban J connectivity index is 1.57. The Morgan fingerprint density at radius 1 is 0.971 bits per heavy atom. The summed E-state index contributed by atoms with van der Waals surface area (Å²) in [6.45, 7) is 1.24. The Kier molecular flexibility index (Phi) is 5.13. The van der Waals surface area contributed by atoms with E-state index in [0.29, 0.717) is 0 Å². The number of nitrogens with zero attached hydrogens (tertiary/aromatic N) is 1. The number of carboxylic acids is 1. The molecule has 3 atom stereocenters. The first kappa shape index (κ1) is 22.6. The van der Waals surface area contributed by atoms with Crippen molar-refractivity contribution in [2.45, 2.75) is 31.3 Å². The van der Waals surface area contributed by atoms with Gasteiger partial charge in [0, 0.05) is 30.5 Å². The molecule has 0 bridgehead atoms. The molecule has 35 heavy (non-hydrogen) atoms. The number of Topliss-reactive ketones (excluding diaryl/α,β-unsaturated/α-hetero) is 2. The topological polar surface area (TPSA) is 147 Å². The predicted octanol–water partition coefficient (Wildman–Crippen LogP) is 1.37. The molecular formula is C25H20N2O8. The molecule has 10 heteroatoms. The number of aliphatic carboxylic acids is 1. The zero-order valence-electron chi connectivity index (χ0n) is 18.5. The van der Waals surface area contributed by atoms with Crippen LogP contribution in [0.25, 0.3) is 0 Å². The lowest BCUT2D eigenvalue weighted by Crippen LogP contribution is -2.59. The third-order valence-electron chi connectivity index (χ3n) is 6.82. The number of hydrogen-bond acceptors (Lipinski definition) is 8. The van der Waals surface area contributed by atoms with E-state index in [1.54, 1.807) is 12.1 Å². The van der Waals surface area contributed by atoms with Gasteiger partial charge in [-0.3, -0.25) is 34.1 Å². The minimum Gasteiger partial charge on any atom is -0.481 e. The lowest BCUT2D eigenvalue weighted by Gasteiger charge is -2.28. The highest BCUT2D eigenvalue weighted by Gasteiger charge is 2.72. The van der Waals surface area contributed by atoms with Crippen LogP contribution in [-0.2, 0) is 19.2 Å². The van der Waals surface area contributed by atoms with Gasteiger partial charge in [0.2, 0.25) is 11.8 Å². The van der Waals surface area contributed by atoms with Gasteiger partial charge in [0.15, 0.2) is 17.1 Å². The zero-order chi connectivity index (χ0) is 25.1. The van der Waals surface area contributed by atoms with Crippen molar-refractivity contribution in [3.63, 3.8) is 0 Å². The number of fused-ring (bicyclic) bond motifs is 3. The van der Waals surface area contributed by atoms with Gasteiger partial charge in [0.1, 0.15) is 5.75 Å². The van der Waals surface area contributed by atoms with E-state index in [9.17, 15) is 33.9 Å². The monoisotopic (exact) mass is 476 g/mol. The van der Waals surface area contributed by atoms with Crippen molar-refractivity contribution < 1.29 is 38.6 Å². The molecule has 2 heterocycles. The summed E-state index contributed by atoms with van der Waals surface area (Å²) in [7, 11) is 0. The molecular weight excluding hydrogens is 456 g/mol. The maximum Gasteiger partial charge on any atom is 0.308 e. The van der Waals surface area contributed by atoms with Crippen LogP contribution in [0.3, 0.4) is 0 Å². The molecule has 1 aliphatic carbocycles. The maximum absolute atomic E-state index is 13.7. The summed E-state index contributed by atoms with van der Waals surface area (Å²) >= 11 is 0. The number of carbonyl (C=O) groups excluding carboxylic acids is 5. The fourth-order valence-corrected chi connectivity index (χ4v) is 5.46. The maximum atomic E-state index is 13.7. The molecule has 2 aromatic rings. The van der Waals surface area contributed by atoms with Gasteiger partial charge in [-0.25, -0.2) is 4.90 Å². The van der Waals surface area contributed by atoms with Gasteiger partial charge in [0.25, 0.3) is 0 Å². The smallest absolute Gasteiger partial charge is 0.308 e. The van der Waals surface area contributed by atoms with Crippen LogP contribution < -0.4 is 15.0 Å². The van der Waals surface area contributed by atoms with Gasteiger partial charge in [-0.15, -0.1) is 0 Å². The second-order valence-corrected chi connectivity index (χ2v) is 8.80. The molecule has 2 aromatic carbocycles. The molecule has 5 rings (SSSR count). The summed E-state index contributed by atoms with van der Waals surface area (Å²) in [5.41, 5.74) is -1.47. The molecule has 2 N–H and O–H groups in total. The van der Waals surface area contributed by atoms with Crippen molar-refractivity contribution in [2.75, 3.05) is 4.90 Å². The number of carbonyl (C=O) groups is 6. The average molecular weight is 476 g/mol. The van der Waals surface area contributed by atoms with Crippen LogP contribution in [0.15, 0.2) is 48.5 Å². The number of nitrogens with one attached hydrogen (secondary N) is 1. The quantitative estimate of drug-likeness (QED) is 0.283. The molecule has 0 unspecified atom stereocenters. The minimum atomic E-state index is -1.98. The Morgan fingerprint density at radius 3 is 2.11 bits per heavy atom. The molecule has 0 aromatic heterocycles. The summed E-state index contributed by atoms with van der Waals surface area (Å²) in [6.07, 6.45) is -0.363. The lowest BCUT2D eigenvalue weighted by molar-refractivity contribution is -0.137.